The van der Waals surface area contributed by atoms with Crippen LogP contribution in [0.1, 0.15) is 30.1 Å². The molecule has 0 atom stereocenters. The predicted octanol–water partition coefficient (Wildman–Crippen LogP) is 2.56. The van der Waals surface area contributed by atoms with Crippen LogP contribution in [0.15, 0.2) is 42.6 Å². The first kappa shape index (κ1) is 18.7. The first-order valence-electron chi connectivity index (χ1n) is 9.12. The second-order valence-corrected chi connectivity index (χ2v) is 6.45. The molecular weight excluding hydrogens is 344 g/mol. The van der Waals surface area contributed by atoms with E-state index in [2.05, 4.69) is 10.3 Å². The van der Waals surface area contributed by atoms with E-state index < -0.39 is 0 Å². The molecule has 27 heavy (non-hydrogen) atoms. The summed E-state index contributed by atoms with van der Waals surface area (Å²) in [4.78, 5) is 30.3. The van der Waals surface area contributed by atoms with Gasteiger partial charge in [0.1, 0.15) is 11.6 Å². The molecule has 0 saturated carbocycles. The molecule has 7 nitrogen and oxygen atoms in total. The van der Waals surface area contributed by atoms with Crippen LogP contribution in [0.5, 0.6) is 5.75 Å². The summed E-state index contributed by atoms with van der Waals surface area (Å²) in [5.41, 5.74) is 6.69. The van der Waals surface area contributed by atoms with E-state index in [1.165, 1.54) is 0 Å². The van der Waals surface area contributed by atoms with Gasteiger partial charge in [-0.25, -0.2) is 4.98 Å². The number of pyridine rings is 1. The molecule has 0 bridgehead atoms. The topological polar surface area (TPSA) is 97.6 Å². The highest BCUT2D eigenvalue weighted by Crippen LogP contribution is 2.24. The van der Waals surface area contributed by atoms with Crippen LogP contribution in [0, 0.1) is 5.92 Å². The number of primary amides is 1. The minimum Gasteiger partial charge on any atom is -0.494 e. The van der Waals surface area contributed by atoms with Gasteiger partial charge in [-0.2, -0.15) is 0 Å². The van der Waals surface area contributed by atoms with E-state index in [0.29, 0.717) is 43.9 Å². The lowest BCUT2D eigenvalue weighted by molar-refractivity contribution is -0.123. The van der Waals surface area contributed by atoms with Gasteiger partial charge in [-0.15, -0.1) is 0 Å². The molecule has 0 unspecified atom stereocenters. The van der Waals surface area contributed by atoms with Gasteiger partial charge in [-0.05, 0) is 56.2 Å². The zero-order valence-corrected chi connectivity index (χ0v) is 15.4. The highest BCUT2D eigenvalue weighted by molar-refractivity contribution is 5.99. The van der Waals surface area contributed by atoms with Crippen molar-refractivity contribution in [3.8, 4) is 5.75 Å². The number of carbonyl (C=O) groups excluding carboxylic acids is 2. The van der Waals surface area contributed by atoms with E-state index in [-0.39, 0.29) is 17.7 Å². The van der Waals surface area contributed by atoms with Crippen molar-refractivity contribution < 1.29 is 14.3 Å². The Bertz CT molecular complexity index is 799. The van der Waals surface area contributed by atoms with Crippen LogP contribution in [0.4, 0.5) is 11.5 Å². The fourth-order valence-electron chi connectivity index (χ4n) is 3.15. The molecule has 0 aliphatic carbocycles. The highest BCUT2D eigenvalue weighted by atomic mass is 16.5. The Morgan fingerprint density at radius 3 is 2.56 bits per heavy atom. The zero-order chi connectivity index (χ0) is 19.2. The maximum atomic E-state index is 12.9. The second kappa shape index (κ2) is 8.53. The predicted molar refractivity (Wildman–Crippen MR) is 103 cm³/mol. The fraction of sp³-hybridized carbons (Fsp3) is 0.350. The van der Waals surface area contributed by atoms with Crippen molar-refractivity contribution in [3.63, 3.8) is 0 Å². The van der Waals surface area contributed by atoms with Crippen LogP contribution >= 0.6 is 0 Å². The third-order valence-electron chi connectivity index (χ3n) is 4.65. The van der Waals surface area contributed by atoms with Crippen LogP contribution in [0.2, 0.25) is 0 Å². The Morgan fingerprint density at radius 1 is 1.22 bits per heavy atom. The van der Waals surface area contributed by atoms with Gasteiger partial charge >= 0.3 is 0 Å². The first-order valence-corrected chi connectivity index (χ1v) is 9.12. The summed E-state index contributed by atoms with van der Waals surface area (Å²) < 4.78 is 5.44. The quantitative estimate of drug-likeness (QED) is 0.817. The van der Waals surface area contributed by atoms with Gasteiger partial charge < -0.3 is 20.7 Å². The Morgan fingerprint density at radius 2 is 1.93 bits per heavy atom. The van der Waals surface area contributed by atoms with Crippen molar-refractivity contribution in [1.29, 1.82) is 0 Å². The third-order valence-corrected chi connectivity index (χ3v) is 4.65. The van der Waals surface area contributed by atoms with E-state index in [4.69, 9.17) is 10.5 Å². The van der Waals surface area contributed by atoms with Crippen LogP contribution in [-0.2, 0) is 4.79 Å². The van der Waals surface area contributed by atoms with Crippen molar-refractivity contribution in [1.82, 2.24) is 9.88 Å². The first-order chi connectivity index (χ1) is 13.1. The Kier molecular flexibility index (Phi) is 5.90. The third kappa shape index (κ3) is 4.55. The molecule has 1 saturated heterocycles. The molecule has 0 spiro atoms. The zero-order valence-electron chi connectivity index (χ0n) is 15.4. The normalized spacial score (nSPS) is 14.6. The number of rotatable bonds is 6. The van der Waals surface area contributed by atoms with E-state index in [1.54, 1.807) is 23.2 Å². The largest absolute Gasteiger partial charge is 0.494 e. The number of anilines is 2. The maximum Gasteiger partial charge on any atom is 0.257 e. The number of aromatic nitrogens is 1. The number of carbonyl (C=O) groups is 2. The molecule has 1 aliphatic heterocycles. The summed E-state index contributed by atoms with van der Waals surface area (Å²) in [6.45, 7) is 3.58. The standard InChI is InChI=1S/C20H24N4O3/c1-2-27-16-7-5-15(6-8-16)23-19-17(4-3-11-22-19)20(26)24-12-9-14(10-13-24)18(21)25/h3-8,11,14H,2,9-10,12-13H2,1H3,(H2,21,25)(H,22,23). The molecule has 3 N–H and O–H groups in total. The smallest absolute Gasteiger partial charge is 0.257 e. The molecule has 1 aromatic carbocycles. The van der Waals surface area contributed by atoms with Gasteiger partial charge in [0, 0.05) is 30.9 Å². The number of hydrogen-bond acceptors (Lipinski definition) is 5. The minimum atomic E-state index is -0.290. The van der Waals surface area contributed by atoms with Gasteiger partial charge in [0.15, 0.2) is 0 Å². The van der Waals surface area contributed by atoms with Crippen LogP contribution < -0.4 is 15.8 Å². The summed E-state index contributed by atoms with van der Waals surface area (Å²) in [6.07, 6.45) is 2.85. The lowest BCUT2D eigenvalue weighted by atomic mass is 9.96. The molecule has 7 heteroatoms. The van der Waals surface area contributed by atoms with Gasteiger partial charge in [-0.1, -0.05) is 0 Å². The molecule has 1 fully saturated rings. The van der Waals surface area contributed by atoms with Gasteiger partial charge in [0.25, 0.3) is 5.91 Å². The van der Waals surface area contributed by atoms with Crippen LogP contribution in [0.25, 0.3) is 0 Å². The maximum absolute atomic E-state index is 12.9. The molecule has 0 radical (unpaired) electrons. The SMILES string of the molecule is CCOc1ccc(Nc2ncccc2C(=O)N2CCC(C(N)=O)CC2)cc1. The molecule has 1 aliphatic rings. The van der Waals surface area contributed by atoms with E-state index in [9.17, 15) is 9.59 Å². The van der Waals surface area contributed by atoms with Gasteiger partial charge in [-0.3, -0.25) is 9.59 Å². The number of nitrogens with two attached hydrogens (primary N) is 1. The summed E-state index contributed by atoms with van der Waals surface area (Å²) in [7, 11) is 0. The van der Waals surface area contributed by atoms with E-state index in [1.807, 2.05) is 31.2 Å². The highest BCUT2D eigenvalue weighted by Gasteiger charge is 2.27. The molecule has 1 aromatic heterocycles. The Balaban J connectivity index is 1.72. The number of ether oxygens (including phenoxy) is 1. The van der Waals surface area contributed by atoms with Crippen molar-refractivity contribution in [2.24, 2.45) is 11.7 Å². The van der Waals surface area contributed by atoms with Crippen molar-refractivity contribution >= 4 is 23.3 Å². The summed E-state index contributed by atoms with van der Waals surface area (Å²) >= 11 is 0. The number of likely N-dealkylation sites (tertiary alicyclic amines) is 1. The minimum absolute atomic E-state index is 0.0977. The average Bonchev–Trinajstić information content (AvgIpc) is 2.70. The number of piperidine rings is 1. The molecular formula is C20H24N4O3. The van der Waals surface area contributed by atoms with E-state index >= 15 is 0 Å². The lowest BCUT2D eigenvalue weighted by Crippen LogP contribution is -2.41. The monoisotopic (exact) mass is 368 g/mol. The number of nitrogens with zero attached hydrogens (tertiary/aromatic N) is 2. The molecule has 142 valence electrons. The molecule has 2 amide bonds. The van der Waals surface area contributed by atoms with Crippen molar-refractivity contribution in [3.05, 3.63) is 48.2 Å². The van der Waals surface area contributed by atoms with Crippen LogP contribution in [-0.4, -0.2) is 41.4 Å². The van der Waals surface area contributed by atoms with Crippen molar-refractivity contribution in [2.45, 2.75) is 19.8 Å². The summed E-state index contributed by atoms with van der Waals surface area (Å²) in [6, 6.07) is 11.0. The van der Waals surface area contributed by atoms with Gasteiger partial charge in [0.2, 0.25) is 5.91 Å². The molecule has 3 rings (SSSR count). The van der Waals surface area contributed by atoms with Gasteiger partial charge in [0.05, 0.1) is 12.2 Å². The van der Waals surface area contributed by atoms with Crippen LogP contribution in [0.3, 0.4) is 0 Å². The fourth-order valence-corrected chi connectivity index (χ4v) is 3.15. The summed E-state index contributed by atoms with van der Waals surface area (Å²) in [5.74, 6) is 0.756. The summed E-state index contributed by atoms with van der Waals surface area (Å²) in [5, 5.41) is 3.20. The number of amides is 2. The second-order valence-electron chi connectivity index (χ2n) is 6.45. The molecule has 2 aromatic rings. The Labute approximate surface area is 158 Å². The average molecular weight is 368 g/mol. The number of hydrogen-bond donors (Lipinski definition) is 2. The lowest BCUT2D eigenvalue weighted by Gasteiger charge is -2.31. The number of nitrogens with one attached hydrogen (secondary N) is 1. The molecule has 2 heterocycles. The Hall–Kier alpha value is -3.09. The number of benzene rings is 1. The van der Waals surface area contributed by atoms with E-state index in [0.717, 1.165) is 11.4 Å². The van der Waals surface area contributed by atoms with Crippen molar-refractivity contribution in [2.75, 3.05) is 25.0 Å².